The topological polar surface area (TPSA) is 66.1 Å². The molecule has 1 saturated heterocycles. The van der Waals surface area contributed by atoms with Crippen molar-refractivity contribution < 1.29 is 9.59 Å². The van der Waals surface area contributed by atoms with Crippen LogP contribution in [-0.4, -0.2) is 39.5 Å². The van der Waals surface area contributed by atoms with Gasteiger partial charge in [0.15, 0.2) is 0 Å². The van der Waals surface area contributed by atoms with E-state index in [0.717, 1.165) is 13.1 Å². The van der Waals surface area contributed by atoms with Crippen molar-refractivity contribution in [1.29, 1.82) is 0 Å². The summed E-state index contributed by atoms with van der Waals surface area (Å²) < 4.78 is 0. The number of nitrogens with one attached hydrogen (secondary N) is 1. The molecule has 0 saturated carbocycles. The number of carbonyl (C=O) groups is 2. The molecule has 1 N–H and O–H groups in total. The lowest BCUT2D eigenvalue weighted by atomic mass is 9.90. The maximum atomic E-state index is 12.5. The number of carbonyl (C=O) groups excluding carboxylic acids is 2. The monoisotopic (exact) mass is 331 g/mol. The Hall–Kier alpha value is -1.98. The number of benzene rings is 1. The zero-order chi connectivity index (χ0) is 15.1. The van der Waals surface area contributed by atoms with Gasteiger partial charge in [-0.15, -0.1) is 12.4 Å². The van der Waals surface area contributed by atoms with Crippen molar-refractivity contribution in [2.24, 2.45) is 0 Å². The molecule has 1 aromatic carbocycles. The van der Waals surface area contributed by atoms with E-state index in [1.807, 2.05) is 0 Å². The summed E-state index contributed by atoms with van der Waals surface area (Å²) in [7, 11) is 0. The Balaban J connectivity index is 0.00000156. The Morgan fingerprint density at radius 2 is 1.65 bits per heavy atom. The molecule has 0 atom stereocenters. The summed E-state index contributed by atoms with van der Waals surface area (Å²) in [5, 5.41) is 0. The molecule has 1 aliphatic carbocycles. The average Bonchev–Trinajstić information content (AvgIpc) is 2.98. The predicted molar refractivity (Wildman–Crippen MR) is 88.3 cm³/mol. The summed E-state index contributed by atoms with van der Waals surface area (Å²) in [6, 6.07) is 6.94. The number of H-pyrrole nitrogens is 1. The van der Waals surface area contributed by atoms with E-state index in [1.165, 1.54) is 19.3 Å². The fourth-order valence-electron chi connectivity index (χ4n) is 3.30. The quantitative estimate of drug-likeness (QED) is 0.784. The lowest BCUT2D eigenvalue weighted by molar-refractivity contribution is 0.0974. The number of fused-ring (bicyclic) bond motifs is 2. The molecule has 1 aliphatic heterocycles. The largest absolute Gasteiger partial charge is 0.338 e. The Kier molecular flexibility index (Phi) is 4.33. The van der Waals surface area contributed by atoms with Crippen molar-refractivity contribution in [3.63, 3.8) is 0 Å². The molecule has 0 unspecified atom stereocenters. The minimum Gasteiger partial charge on any atom is -0.338 e. The predicted octanol–water partition coefficient (Wildman–Crippen LogP) is 2.59. The Morgan fingerprint density at radius 3 is 2.35 bits per heavy atom. The van der Waals surface area contributed by atoms with Crippen molar-refractivity contribution in [3.8, 4) is 0 Å². The van der Waals surface area contributed by atoms with Gasteiger partial charge in [0, 0.05) is 11.1 Å². The number of imidazole rings is 1. The van der Waals surface area contributed by atoms with Crippen LogP contribution in [0.2, 0.25) is 0 Å². The molecule has 120 valence electrons. The highest BCUT2D eigenvalue weighted by molar-refractivity contribution is 6.27. The Morgan fingerprint density at radius 1 is 1.00 bits per heavy atom. The van der Waals surface area contributed by atoms with Gasteiger partial charge in [-0.2, -0.15) is 0 Å². The van der Waals surface area contributed by atoms with Crippen LogP contribution < -0.4 is 0 Å². The highest BCUT2D eigenvalue weighted by Crippen LogP contribution is 2.26. The van der Waals surface area contributed by atoms with E-state index in [-0.39, 0.29) is 29.7 Å². The number of hydrogen-bond donors (Lipinski definition) is 1. The van der Waals surface area contributed by atoms with E-state index in [1.54, 1.807) is 24.3 Å². The minimum absolute atomic E-state index is 0. The molecule has 2 aliphatic rings. The van der Waals surface area contributed by atoms with E-state index in [2.05, 4.69) is 14.9 Å². The van der Waals surface area contributed by atoms with Crippen LogP contribution >= 0.6 is 12.4 Å². The summed E-state index contributed by atoms with van der Waals surface area (Å²) in [4.78, 5) is 34.8. The number of piperidine rings is 1. The molecule has 2 heterocycles. The minimum atomic E-state index is -0.161. The highest BCUT2D eigenvalue weighted by atomic mass is 35.5. The second-order valence-corrected chi connectivity index (χ2v) is 5.95. The standard InChI is InChI=1S/C17H17N3O2.ClH/c21-16-11-6-2-3-7-12(11)17(22)15-14(16)18-13(19-15)10-20-8-4-1-5-9-20;/h2-3,6-7H,1,4-5,8-10H2,(H,18,19);1H. The summed E-state index contributed by atoms with van der Waals surface area (Å²) in [6.45, 7) is 2.77. The molecular formula is C17H18ClN3O2. The van der Waals surface area contributed by atoms with E-state index in [4.69, 9.17) is 0 Å². The van der Waals surface area contributed by atoms with Gasteiger partial charge in [0.1, 0.15) is 17.2 Å². The molecule has 4 rings (SSSR count). The van der Waals surface area contributed by atoms with Crippen molar-refractivity contribution >= 4 is 24.0 Å². The number of rotatable bonds is 2. The Bertz CT molecular complexity index is 710. The molecule has 0 spiro atoms. The summed E-state index contributed by atoms with van der Waals surface area (Å²) >= 11 is 0. The van der Waals surface area contributed by atoms with Gasteiger partial charge in [-0.05, 0) is 25.9 Å². The van der Waals surface area contributed by atoms with Crippen LogP contribution in [-0.2, 0) is 6.54 Å². The maximum absolute atomic E-state index is 12.5. The second kappa shape index (κ2) is 6.26. The van der Waals surface area contributed by atoms with E-state index in [0.29, 0.717) is 29.2 Å². The van der Waals surface area contributed by atoms with E-state index < -0.39 is 0 Å². The molecule has 2 aromatic rings. The smallest absolute Gasteiger partial charge is 0.214 e. The lowest BCUT2D eigenvalue weighted by Crippen LogP contribution is -2.29. The third kappa shape index (κ3) is 2.71. The third-order valence-electron chi connectivity index (χ3n) is 4.43. The number of ketones is 2. The first-order valence-electron chi connectivity index (χ1n) is 7.74. The van der Waals surface area contributed by atoms with Crippen LogP contribution in [0.1, 0.15) is 57.2 Å². The lowest BCUT2D eigenvalue weighted by Gasteiger charge is -2.25. The van der Waals surface area contributed by atoms with Gasteiger partial charge in [0.2, 0.25) is 11.6 Å². The summed E-state index contributed by atoms with van der Waals surface area (Å²) in [5.74, 6) is 0.412. The molecule has 1 fully saturated rings. The number of aromatic amines is 1. The molecule has 0 bridgehead atoms. The van der Waals surface area contributed by atoms with Crippen LogP contribution in [0.5, 0.6) is 0 Å². The van der Waals surface area contributed by atoms with Crippen LogP contribution in [0, 0.1) is 0 Å². The van der Waals surface area contributed by atoms with E-state index >= 15 is 0 Å². The van der Waals surface area contributed by atoms with Crippen LogP contribution in [0.15, 0.2) is 24.3 Å². The first-order chi connectivity index (χ1) is 10.7. The third-order valence-corrected chi connectivity index (χ3v) is 4.43. The van der Waals surface area contributed by atoms with Crippen LogP contribution in [0.4, 0.5) is 0 Å². The first kappa shape index (κ1) is 15.9. The summed E-state index contributed by atoms with van der Waals surface area (Å²) in [5.41, 5.74) is 1.54. The SMILES string of the molecule is Cl.O=C1c2ccccc2C(=O)c2[nH]c(CN3CCCCC3)nc21. The molecule has 0 amide bonds. The molecule has 6 heteroatoms. The fourth-order valence-corrected chi connectivity index (χ4v) is 3.30. The average molecular weight is 332 g/mol. The van der Waals surface area contributed by atoms with Gasteiger partial charge in [0.05, 0.1) is 6.54 Å². The molecule has 5 nitrogen and oxygen atoms in total. The first-order valence-corrected chi connectivity index (χ1v) is 7.74. The van der Waals surface area contributed by atoms with Gasteiger partial charge in [-0.3, -0.25) is 14.5 Å². The Labute approximate surface area is 140 Å². The highest BCUT2D eigenvalue weighted by Gasteiger charge is 2.33. The maximum Gasteiger partial charge on any atom is 0.214 e. The van der Waals surface area contributed by atoms with Gasteiger partial charge in [-0.1, -0.05) is 30.7 Å². The van der Waals surface area contributed by atoms with Gasteiger partial charge >= 0.3 is 0 Å². The fraction of sp³-hybridized carbons (Fsp3) is 0.353. The van der Waals surface area contributed by atoms with Crippen molar-refractivity contribution in [2.75, 3.05) is 13.1 Å². The number of likely N-dealkylation sites (tertiary alicyclic amines) is 1. The van der Waals surface area contributed by atoms with Crippen LogP contribution in [0.3, 0.4) is 0 Å². The molecule has 0 radical (unpaired) electrons. The number of halogens is 1. The van der Waals surface area contributed by atoms with E-state index in [9.17, 15) is 9.59 Å². The number of nitrogens with zero attached hydrogens (tertiary/aromatic N) is 2. The van der Waals surface area contributed by atoms with Gasteiger partial charge in [-0.25, -0.2) is 4.98 Å². The zero-order valence-electron chi connectivity index (χ0n) is 12.7. The summed E-state index contributed by atoms with van der Waals surface area (Å²) in [6.07, 6.45) is 3.67. The van der Waals surface area contributed by atoms with Crippen LogP contribution in [0.25, 0.3) is 0 Å². The van der Waals surface area contributed by atoms with Gasteiger partial charge in [0.25, 0.3) is 0 Å². The molecule has 23 heavy (non-hydrogen) atoms. The van der Waals surface area contributed by atoms with Crippen molar-refractivity contribution in [3.05, 3.63) is 52.6 Å². The normalized spacial score (nSPS) is 17.4. The van der Waals surface area contributed by atoms with Crippen molar-refractivity contribution in [2.45, 2.75) is 25.8 Å². The molecular weight excluding hydrogens is 314 g/mol. The second-order valence-electron chi connectivity index (χ2n) is 5.95. The zero-order valence-corrected chi connectivity index (χ0v) is 13.5. The van der Waals surface area contributed by atoms with Crippen molar-refractivity contribution in [1.82, 2.24) is 14.9 Å². The molecule has 1 aromatic heterocycles. The number of hydrogen-bond acceptors (Lipinski definition) is 4. The number of aromatic nitrogens is 2. The van der Waals surface area contributed by atoms with Gasteiger partial charge < -0.3 is 4.98 Å².